The van der Waals surface area contributed by atoms with E-state index in [2.05, 4.69) is 11.9 Å². The second-order valence-corrected chi connectivity index (χ2v) is 4.28. The number of carboxylic acids is 1. The van der Waals surface area contributed by atoms with Gasteiger partial charge in [-0.1, -0.05) is 6.08 Å². The van der Waals surface area contributed by atoms with Crippen LogP contribution in [0.15, 0.2) is 30.9 Å². The standard InChI is InChI=1S/C14H17FN2O3/c1-3-4-5-8-17(2)14(20)16-12-7-6-10(15)9-11(12)13(18)19/h3,6-7,9H,1,4-5,8H2,2H3,(H,16,20)(H,18,19). The number of carbonyl (C=O) groups excluding carboxylic acids is 1. The zero-order valence-electron chi connectivity index (χ0n) is 11.2. The number of hydrogen-bond donors (Lipinski definition) is 2. The average Bonchev–Trinajstić information content (AvgIpc) is 2.40. The van der Waals surface area contributed by atoms with Crippen molar-refractivity contribution in [1.29, 1.82) is 0 Å². The number of aromatic carboxylic acids is 1. The minimum absolute atomic E-state index is 0.0690. The first-order valence-electron chi connectivity index (χ1n) is 6.11. The van der Waals surface area contributed by atoms with Gasteiger partial charge < -0.3 is 15.3 Å². The van der Waals surface area contributed by atoms with E-state index >= 15 is 0 Å². The number of anilines is 1. The van der Waals surface area contributed by atoms with E-state index in [0.29, 0.717) is 6.54 Å². The molecule has 0 spiro atoms. The van der Waals surface area contributed by atoms with Gasteiger partial charge in [0.1, 0.15) is 5.82 Å². The Hall–Kier alpha value is -2.37. The molecule has 0 aliphatic rings. The summed E-state index contributed by atoms with van der Waals surface area (Å²) in [6.07, 6.45) is 3.31. The van der Waals surface area contributed by atoms with Crippen molar-refractivity contribution in [3.05, 3.63) is 42.2 Å². The molecule has 0 unspecified atom stereocenters. The molecule has 1 aromatic carbocycles. The van der Waals surface area contributed by atoms with Crippen molar-refractivity contribution >= 4 is 17.7 Å². The average molecular weight is 280 g/mol. The van der Waals surface area contributed by atoms with Gasteiger partial charge in [-0.3, -0.25) is 0 Å². The van der Waals surface area contributed by atoms with Crippen LogP contribution in [0.5, 0.6) is 0 Å². The molecule has 1 aromatic rings. The van der Waals surface area contributed by atoms with E-state index in [1.807, 2.05) is 0 Å². The van der Waals surface area contributed by atoms with Crippen LogP contribution >= 0.6 is 0 Å². The first-order chi connectivity index (χ1) is 9.45. The van der Waals surface area contributed by atoms with E-state index in [1.165, 1.54) is 11.0 Å². The highest BCUT2D eigenvalue weighted by Gasteiger charge is 2.15. The summed E-state index contributed by atoms with van der Waals surface area (Å²) in [6, 6.07) is 2.76. The quantitative estimate of drug-likeness (QED) is 0.621. The van der Waals surface area contributed by atoms with Crippen LogP contribution in [-0.2, 0) is 0 Å². The van der Waals surface area contributed by atoms with Gasteiger partial charge in [0.25, 0.3) is 0 Å². The molecular formula is C14H17FN2O3. The van der Waals surface area contributed by atoms with Gasteiger partial charge in [-0.15, -0.1) is 6.58 Å². The lowest BCUT2D eigenvalue weighted by atomic mass is 10.1. The Balaban J connectivity index is 2.75. The number of rotatable bonds is 6. The molecular weight excluding hydrogens is 263 g/mol. The summed E-state index contributed by atoms with van der Waals surface area (Å²) in [5.41, 5.74) is -0.211. The fourth-order valence-corrected chi connectivity index (χ4v) is 1.59. The lowest BCUT2D eigenvalue weighted by Gasteiger charge is -2.18. The van der Waals surface area contributed by atoms with Crippen LogP contribution in [0, 0.1) is 5.82 Å². The Kier molecular flexibility index (Phi) is 5.71. The maximum Gasteiger partial charge on any atom is 0.337 e. The molecule has 0 heterocycles. The molecule has 2 amide bonds. The molecule has 6 heteroatoms. The number of nitrogens with zero attached hydrogens (tertiary/aromatic N) is 1. The van der Waals surface area contributed by atoms with E-state index in [4.69, 9.17) is 5.11 Å². The number of halogens is 1. The number of allylic oxidation sites excluding steroid dienone is 1. The number of carbonyl (C=O) groups is 2. The molecule has 5 nitrogen and oxygen atoms in total. The zero-order chi connectivity index (χ0) is 15.1. The molecule has 0 radical (unpaired) electrons. The van der Waals surface area contributed by atoms with Gasteiger partial charge in [0.2, 0.25) is 0 Å². The van der Waals surface area contributed by atoms with Crippen LogP contribution in [0.3, 0.4) is 0 Å². The summed E-state index contributed by atoms with van der Waals surface area (Å²) in [5.74, 6) is -1.96. The molecule has 0 saturated carbocycles. The van der Waals surface area contributed by atoms with E-state index in [0.717, 1.165) is 25.0 Å². The third-order valence-electron chi connectivity index (χ3n) is 2.70. The molecule has 0 fully saturated rings. The van der Waals surface area contributed by atoms with Crippen LogP contribution in [0.25, 0.3) is 0 Å². The number of carboxylic acid groups (broad SMARTS) is 1. The fourth-order valence-electron chi connectivity index (χ4n) is 1.59. The summed E-state index contributed by atoms with van der Waals surface area (Å²) in [6.45, 7) is 4.10. The van der Waals surface area contributed by atoms with E-state index in [9.17, 15) is 14.0 Å². The predicted molar refractivity (Wildman–Crippen MR) is 74.4 cm³/mol. The SMILES string of the molecule is C=CCCCN(C)C(=O)Nc1ccc(F)cc1C(=O)O. The van der Waals surface area contributed by atoms with Crippen molar-refractivity contribution in [1.82, 2.24) is 4.90 Å². The number of amides is 2. The van der Waals surface area contributed by atoms with E-state index in [-0.39, 0.29) is 11.3 Å². The third kappa shape index (κ3) is 4.38. The molecule has 108 valence electrons. The van der Waals surface area contributed by atoms with Gasteiger partial charge in [0.15, 0.2) is 0 Å². The van der Waals surface area contributed by atoms with Gasteiger partial charge in [-0.05, 0) is 31.0 Å². The number of benzene rings is 1. The highest BCUT2D eigenvalue weighted by molar-refractivity contribution is 5.99. The highest BCUT2D eigenvalue weighted by atomic mass is 19.1. The largest absolute Gasteiger partial charge is 0.478 e. The first kappa shape index (κ1) is 15.7. The summed E-state index contributed by atoms with van der Waals surface area (Å²) in [5, 5.41) is 11.4. The Bertz CT molecular complexity index is 517. The Morgan fingerprint density at radius 2 is 2.20 bits per heavy atom. The molecule has 2 N–H and O–H groups in total. The molecule has 20 heavy (non-hydrogen) atoms. The maximum atomic E-state index is 13.0. The van der Waals surface area contributed by atoms with Crippen molar-refractivity contribution < 1.29 is 19.1 Å². The summed E-state index contributed by atoms with van der Waals surface area (Å²) in [4.78, 5) is 24.3. The molecule has 0 saturated heterocycles. The number of hydrogen-bond acceptors (Lipinski definition) is 2. The van der Waals surface area contributed by atoms with Crippen molar-refractivity contribution in [3.8, 4) is 0 Å². The van der Waals surface area contributed by atoms with E-state index in [1.54, 1.807) is 13.1 Å². The monoisotopic (exact) mass is 280 g/mol. The van der Waals surface area contributed by atoms with Gasteiger partial charge in [0.05, 0.1) is 11.3 Å². The van der Waals surface area contributed by atoms with Crippen molar-refractivity contribution in [2.75, 3.05) is 18.9 Å². The van der Waals surface area contributed by atoms with Crippen LogP contribution in [0.4, 0.5) is 14.9 Å². The number of nitrogens with one attached hydrogen (secondary N) is 1. The molecule has 1 rings (SSSR count). The van der Waals surface area contributed by atoms with Gasteiger partial charge in [0, 0.05) is 13.6 Å². The van der Waals surface area contributed by atoms with Crippen molar-refractivity contribution in [2.24, 2.45) is 0 Å². The fraction of sp³-hybridized carbons (Fsp3) is 0.286. The number of urea groups is 1. The molecule has 0 aliphatic heterocycles. The minimum Gasteiger partial charge on any atom is -0.478 e. The normalized spacial score (nSPS) is 9.90. The third-order valence-corrected chi connectivity index (χ3v) is 2.70. The van der Waals surface area contributed by atoms with Crippen LogP contribution in [0.2, 0.25) is 0 Å². The summed E-state index contributed by atoms with van der Waals surface area (Å²) in [7, 11) is 1.60. The van der Waals surface area contributed by atoms with Gasteiger partial charge >= 0.3 is 12.0 Å². The molecule has 0 atom stereocenters. The lowest BCUT2D eigenvalue weighted by molar-refractivity contribution is 0.0697. The molecule has 0 aliphatic carbocycles. The molecule has 0 bridgehead atoms. The second kappa shape index (κ2) is 7.28. The number of unbranched alkanes of at least 4 members (excludes halogenated alkanes) is 1. The van der Waals surface area contributed by atoms with Crippen molar-refractivity contribution in [2.45, 2.75) is 12.8 Å². The van der Waals surface area contributed by atoms with Crippen LogP contribution in [-0.4, -0.2) is 35.6 Å². The minimum atomic E-state index is -1.30. The van der Waals surface area contributed by atoms with Crippen molar-refractivity contribution in [3.63, 3.8) is 0 Å². The smallest absolute Gasteiger partial charge is 0.337 e. The summed E-state index contributed by atoms with van der Waals surface area (Å²) >= 11 is 0. The van der Waals surface area contributed by atoms with Crippen LogP contribution in [0.1, 0.15) is 23.2 Å². The Labute approximate surface area is 116 Å². The lowest BCUT2D eigenvalue weighted by Crippen LogP contribution is -2.32. The first-order valence-corrected chi connectivity index (χ1v) is 6.11. The topological polar surface area (TPSA) is 69.6 Å². The van der Waals surface area contributed by atoms with Gasteiger partial charge in [-0.25, -0.2) is 14.0 Å². The van der Waals surface area contributed by atoms with E-state index < -0.39 is 17.8 Å². The summed E-state index contributed by atoms with van der Waals surface area (Å²) < 4.78 is 13.0. The predicted octanol–water partition coefficient (Wildman–Crippen LogP) is 2.95. The maximum absolute atomic E-state index is 13.0. The Morgan fingerprint density at radius 3 is 2.80 bits per heavy atom. The van der Waals surface area contributed by atoms with Gasteiger partial charge in [-0.2, -0.15) is 0 Å². The Morgan fingerprint density at radius 1 is 1.50 bits per heavy atom. The van der Waals surface area contributed by atoms with Crippen LogP contribution < -0.4 is 5.32 Å². The second-order valence-electron chi connectivity index (χ2n) is 4.28. The highest BCUT2D eigenvalue weighted by Crippen LogP contribution is 2.17. The molecule has 0 aromatic heterocycles. The zero-order valence-corrected chi connectivity index (χ0v) is 11.2.